The van der Waals surface area contributed by atoms with Gasteiger partial charge in [-0.1, -0.05) is 52.0 Å². The van der Waals surface area contributed by atoms with Gasteiger partial charge in [0.05, 0.1) is 0 Å². The molecule has 0 heterocycles. The molecule has 16 heavy (non-hydrogen) atoms. The van der Waals surface area contributed by atoms with Gasteiger partial charge in [-0.2, -0.15) is 0 Å². The summed E-state index contributed by atoms with van der Waals surface area (Å²) in [5.74, 6) is 0. The topological polar surface area (TPSA) is 46.2 Å². The number of hydrogen-bond acceptors (Lipinski definition) is 2. The zero-order valence-corrected chi connectivity index (χ0v) is 10.7. The Morgan fingerprint density at radius 1 is 1.12 bits per heavy atom. The molecule has 3 N–H and O–H groups in total. The Balaban J connectivity index is 3.13. The third-order valence-corrected chi connectivity index (χ3v) is 3.38. The van der Waals surface area contributed by atoms with Crippen LogP contribution in [0, 0.1) is 5.41 Å². The maximum absolute atomic E-state index is 10.7. The lowest BCUT2D eigenvalue weighted by Gasteiger charge is -2.40. The molecule has 0 bridgehead atoms. The fourth-order valence-corrected chi connectivity index (χ4v) is 1.87. The number of aryl methyl sites for hydroxylation is 1. The minimum absolute atomic E-state index is 0.238. The van der Waals surface area contributed by atoms with Gasteiger partial charge in [0.25, 0.3) is 0 Å². The van der Waals surface area contributed by atoms with Crippen molar-refractivity contribution in [2.75, 3.05) is 6.54 Å². The molecule has 1 rings (SSSR count). The summed E-state index contributed by atoms with van der Waals surface area (Å²) in [6.45, 7) is 8.38. The lowest BCUT2D eigenvalue weighted by atomic mass is 9.72. The largest absolute Gasteiger partial charge is 0.383 e. The fourth-order valence-electron chi connectivity index (χ4n) is 1.87. The third kappa shape index (κ3) is 2.28. The van der Waals surface area contributed by atoms with Gasteiger partial charge in [0, 0.05) is 6.54 Å². The van der Waals surface area contributed by atoms with Crippen LogP contribution >= 0.6 is 0 Å². The maximum atomic E-state index is 10.7. The number of aliphatic hydroxyl groups is 1. The Labute approximate surface area is 98.5 Å². The molecule has 0 saturated carbocycles. The Kier molecular flexibility index (Phi) is 3.76. The van der Waals surface area contributed by atoms with E-state index in [0.717, 1.165) is 12.0 Å². The van der Waals surface area contributed by atoms with Crippen LogP contribution in [0.1, 0.15) is 38.8 Å². The lowest BCUT2D eigenvalue weighted by molar-refractivity contribution is -0.0557. The molecule has 0 aliphatic carbocycles. The second-order valence-corrected chi connectivity index (χ2v) is 5.36. The number of benzene rings is 1. The summed E-state index contributed by atoms with van der Waals surface area (Å²) in [7, 11) is 0. The third-order valence-electron chi connectivity index (χ3n) is 3.38. The maximum Gasteiger partial charge on any atom is 0.107 e. The van der Waals surface area contributed by atoms with Crippen LogP contribution < -0.4 is 5.73 Å². The summed E-state index contributed by atoms with van der Waals surface area (Å²) in [6, 6.07) is 8.08. The Bertz CT molecular complexity index is 337. The molecule has 1 aromatic carbocycles. The minimum atomic E-state index is -0.959. The van der Waals surface area contributed by atoms with Crippen LogP contribution in [0.15, 0.2) is 24.3 Å². The Hall–Kier alpha value is -0.860. The van der Waals surface area contributed by atoms with Crippen molar-refractivity contribution < 1.29 is 5.11 Å². The molecule has 1 unspecified atom stereocenters. The van der Waals surface area contributed by atoms with Crippen molar-refractivity contribution >= 4 is 0 Å². The van der Waals surface area contributed by atoms with Gasteiger partial charge in [-0.05, 0) is 23.0 Å². The van der Waals surface area contributed by atoms with Crippen LogP contribution in [0.2, 0.25) is 0 Å². The van der Waals surface area contributed by atoms with Crippen LogP contribution in [0.4, 0.5) is 0 Å². The zero-order chi connectivity index (χ0) is 12.4. The normalized spacial score (nSPS) is 15.9. The van der Waals surface area contributed by atoms with Crippen molar-refractivity contribution in [1.82, 2.24) is 0 Å². The van der Waals surface area contributed by atoms with Gasteiger partial charge < -0.3 is 10.8 Å². The monoisotopic (exact) mass is 221 g/mol. The molecule has 0 amide bonds. The lowest BCUT2D eigenvalue weighted by Crippen LogP contribution is -2.46. The van der Waals surface area contributed by atoms with Gasteiger partial charge in [0.15, 0.2) is 0 Å². The highest BCUT2D eigenvalue weighted by atomic mass is 16.3. The molecule has 0 aliphatic rings. The molecule has 1 atom stereocenters. The summed E-state index contributed by atoms with van der Waals surface area (Å²) in [5.41, 5.74) is 6.70. The van der Waals surface area contributed by atoms with E-state index in [1.165, 1.54) is 5.56 Å². The molecular formula is C14H23NO. The first-order valence-electron chi connectivity index (χ1n) is 5.87. The number of nitrogens with two attached hydrogens (primary N) is 1. The van der Waals surface area contributed by atoms with Crippen LogP contribution in [0.3, 0.4) is 0 Å². The highest BCUT2D eigenvalue weighted by Gasteiger charge is 2.40. The Morgan fingerprint density at radius 2 is 1.62 bits per heavy atom. The van der Waals surface area contributed by atoms with Gasteiger partial charge in [0.1, 0.15) is 5.60 Å². The average molecular weight is 221 g/mol. The fraction of sp³-hybridized carbons (Fsp3) is 0.571. The van der Waals surface area contributed by atoms with Gasteiger partial charge in [0.2, 0.25) is 0 Å². The van der Waals surface area contributed by atoms with Crippen molar-refractivity contribution in [3.8, 4) is 0 Å². The van der Waals surface area contributed by atoms with Crippen molar-refractivity contribution in [2.24, 2.45) is 11.1 Å². The summed E-state index contributed by atoms with van der Waals surface area (Å²) < 4.78 is 0. The van der Waals surface area contributed by atoms with E-state index in [4.69, 9.17) is 5.73 Å². The molecule has 2 heteroatoms. The van der Waals surface area contributed by atoms with Gasteiger partial charge in [-0.15, -0.1) is 0 Å². The van der Waals surface area contributed by atoms with E-state index >= 15 is 0 Å². The smallest absolute Gasteiger partial charge is 0.107 e. The predicted octanol–water partition coefficient (Wildman–Crippen LogP) is 2.44. The first-order valence-corrected chi connectivity index (χ1v) is 5.87. The molecule has 0 spiro atoms. The van der Waals surface area contributed by atoms with Crippen molar-refractivity contribution in [3.05, 3.63) is 35.4 Å². The van der Waals surface area contributed by atoms with Crippen molar-refractivity contribution in [3.63, 3.8) is 0 Å². The molecule has 0 aliphatic heterocycles. The summed E-state index contributed by atoms with van der Waals surface area (Å²) >= 11 is 0. The molecule has 1 aromatic rings. The van der Waals surface area contributed by atoms with E-state index in [1.54, 1.807) is 0 Å². The average Bonchev–Trinajstić information content (AvgIpc) is 2.26. The first-order chi connectivity index (χ1) is 7.35. The van der Waals surface area contributed by atoms with Gasteiger partial charge in [-0.3, -0.25) is 0 Å². The van der Waals surface area contributed by atoms with E-state index < -0.39 is 5.60 Å². The molecule has 0 fully saturated rings. The van der Waals surface area contributed by atoms with Crippen LogP contribution in [0.25, 0.3) is 0 Å². The second-order valence-electron chi connectivity index (χ2n) is 5.36. The van der Waals surface area contributed by atoms with Gasteiger partial charge >= 0.3 is 0 Å². The van der Waals surface area contributed by atoms with E-state index in [-0.39, 0.29) is 12.0 Å². The molecular weight excluding hydrogens is 198 g/mol. The quantitative estimate of drug-likeness (QED) is 0.823. The van der Waals surface area contributed by atoms with E-state index in [9.17, 15) is 5.11 Å². The molecule has 0 radical (unpaired) electrons. The summed E-state index contributed by atoms with van der Waals surface area (Å²) in [4.78, 5) is 0. The van der Waals surface area contributed by atoms with Crippen molar-refractivity contribution in [2.45, 2.75) is 39.7 Å². The minimum Gasteiger partial charge on any atom is -0.383 e. The molecule has 90 valence electrons. The van der Waals surface area contributed by atoms with Crippen molar-refractivity contribution in [1.29, 1.82) is 0 Å². The Morgan fingerprint density at radius 3 is 1.94 bits per heavy atom. The summed E-state index contributed by atoms with van der Waals surface area (Å²) in [5, 5.41) is 10.7. The molecule has 0 saturated heterocycles. The number of hydrogen-bond donors (Lipinski definition) is 2. The van der Waals surface area contributed by atoms with E-state index in [2.05, 4.69) is 19.1 Å². The van der Waals surface area contributed by atoms with E-state index in [1.807, 2.05) is 32.9 Å². The highest BCUT2D eigenvalue weighted by molar-refractivity contribution is 5.29. The first kappa shape index (κ1) is 13.2. The standard InChI is InChI=1S/C14H23NO/c1-5-11-6-8-12(9-7-11)14(16,10-15)13(2,3)4/h6-9,16H,5,10,15H2,1-4H3. The zero-order valence-electron chi connectivity index (χ0n) is 10.7. The van der Waals surface area contributed by atoms with Crippen LogP contribution in [0.5, 0.6) is 0 Å². The van der Waals surface area contributed by atoms with Crippen LogP contribution in [-0.4, -0.2) is 11.7 Å². The number of rotatable bonds is 3. The predicted molar refractivity (Wildman–Crippen MR) is 68.2 cm³/mol. The molecule has 2 nitrogen and oxygen atoms in total. The summed E-state index contributed by atoms with van der Waals surface area (Å²) in [6.07, 6.45) is 1.01. The second kappa shape index (κ2) is 4.56. The molecule has 0 aromatic heterocycles. The van der Waals surface area contributed by atoms with E-state index in [0.29, 0.717) is 0 Å². The SMILES string of the molecule is CCc1ccc(C(O)(CN)C(C)(C)C)cc1. The highest BCUT2D eigenvalue weighted by Crippen LogP contribution is 2.38. The van der Waals surface area contributed by atoms with Crippen LogP contribution in [-0.2, 0) is 12.0 Å². The van der Waals surface area contributed by atoms with Gasteiger partial charge in [-0.25, -0.2) is 0 Å².